The van der Waals surface area contributed by atoms with Gasteiger partial charge in [0.15, 0.2) is 6.61 Å². The van der Waals surface area contributed by atoms with Crippen molar-refractivity contribution in [1.29, 1.82) is 0 Å². The van der Waals surface area contributed by atoms with Gasteiger partial charge in [-0.3, -0.25) is 29.0 Å². The number of benzene rings is 2. The second-order valence-electron chi connectivity index (χ2n) is 22.5. The standard InChI is InChI=1S/C52H74N2O11/c1-32-18-24-38-49(9,10)51(38,43(32)60)45(64-47(3,4)5)53(28-40(55)56)27-36(26-34-20-22-37(23-21-34)62-31-42(59)63-30-35-16-14-13-15-17-35)54(29-41(57)58)46(65-48(6,7)8)52-39(50(52,11)12)25-19-33(2)44(52)61/h13-17,20-23,32-33,36,38-39,45-46H,18-19,24-31H2,1-12H3,(H,55,56)(H,57,58). The van der Waals surface area contributed by atoms with E-state index in [4.69, 9.17) is 18.9 Å². The van der Waals surface area contributed by atoms with Crippen molar-refractivity contribution >= 4 is 29.5 Å². The summed E-state index contributed by atoms with van der Waals surface area (Å²) in [5, 5.41) is 21.6. The van der Waals surface area contributed by atoms with E-state index >= 15 is 0 Å². The highest BCUT2D eigenvalue weighted by atomic mass is 16.6. The zero-order chi connectivity index (χ0) is 48.1. The lowest BCUT2D eigenvalue weighted by Crippen LogP contribution is -2.63. The van der Waals surface area contributed by atoms with E-state index in [2.05, 4.69) is 27.7 Å². The molecule has 13 nitrogen and oxygen atoms in total. The molecule has 0 spiro atoms. The number of hydrogen-bond donors (Lipinski definition) is 2. The van der Waals surface area contributed by atoms with Crippen LogP contribution in [-0.2, 0) is 51.2 Å². The summed E-state index contributed by atoms with van der Waals surface area (Å²) >= 11 is 0. The van der Waals surface area contributed by atoms with Crippen LogP contribution in [0.3, 0.4) is 0 Å². The number of fused-ring (bicyclic) bond motifs is 2. The molecule has 2 aromatic carbocycles. The fraction of sp³-hybridized carbons (Fsp3) is 0.673. The highest BCUT2D eigenvalue weighted by Gasteiger charge is 2.82. The molecule has 0 bridgehead atoms. The van der Waals surface area contributed by atoms with Crippen LogP contribution in [0.25, 0.3) is 0 Å². The summed E-state index contributed by atoms with van der Waals surface area (Å²) in [6.45, 7) is 22.3. The number of nitrogens with zero attached hydrogens (tertiary/aromatic N) is 2. The first-order chi connectivity index (χ1) is 30.2. The van der Waals surface area contributed by atoms with Crippen LogP contribution in [0.5, 0.6) is 5.75 Å². The maximum absolute atomic E-state index is 14.8. The molecule has 4 aliphatic carbocycles. The molecular weight excluding hydrogens is 829 g/mol. The molecule has 4 saturated carbocycles. The van der Waals surface area contributed by atoms with Gasteiger partial charge in [-0.2, -0.15) is 0 Å². The average Bonchev–Trinajstić information content (AvgIpc) is 3.95. The number of carboxylic acids is 2. The van der Waals surface area contributed by atoms with Crippen LogP contribution in [0.2, 0.25) is 0 Å². The summed E-state index contributed by atoms with van der Waals surface area (Å²) in [7, 11) is 0. The molecule has 0 saturated heterocycles. The Hall–Kier alpha value is -4.17. The predicted octanol–water partition coefficient (Wildman–Crippen LogP) is 8.06. The summed E-state index contributed by atoms with van der Waals surface area (Å²) < 4.78 is 25.2. The van der Waals surface area contributed by atoms with Gasteiger partial charge in [0.25, 0.3) is 0 Å². The van der Waals surface area contributed by atoms with E-state index in [1.807, 2.05) is 97.9 Å². The topological polar surface area (TPSA) is 169 Å². The van der Waals surface area contributed by atoms with Crippen LogP contribution < -0.4 is 4.74 Å². The van der Waals surface area contributed by atoms with Crippen LogP contribution in [0.15, 0.2) is 54.6 Å². The van der Waals surface area contributed by atoms with Crippen molar-refractivity contribution in [3.63, 3.8) is 0 Å². The molecule has 0 aromatic heterocycles. The summed E-state index contributed by atoms with van der Waals surface area (Å²) in [5.41, 5.74) is -3.10. The quantitative estimate of drug-likeness (QED) is 0.0968. The largest absolute Gasteiger partial charge is 0.482 e. The monoisotopic (exact) mass is 903 g/mol. The Kier molecular flexibility index (Phi) is 14.3. The summed E-state index contributed by atoms with van der Waals surface area (Å²) in [4.78, 5) is 72.1. The third kappa shape index (κ3) is 9.95. The minimum absolute atomic E-state index is 0.0348. The lowest BCUT2D eigenvalue weighted by molar-refractivity contribution is -0.208. The number of carboxylic acid groups (broad SMARTS) is 2. The molecule has 13 heteroatoms. The van der Waals surface area contributed by atoms with Crippen LogP contribution in [-0.4, -0.2) is 105 Å². The van der Waals surface area contributed by atoms with Gasteiger partial charge in [0.2, 0.25) is 0 Å². The molecule has 2 N–H and O–H groups in total. The van der Waals surface area contributed by atoms with Crippen LogP contribution in [0.4, 0.5) is 0 Å². The van der Waals surface area contributed by atoms with Gasteiger partial charge >= 0.3 is 17.9 Å². The number of esters is 1. The Morgan fingerprint density at radius 2 is 1.18 bits per heavy atom. The van der Waals surface area contributed by atoms with E-state index in [1.165, 1.54) is 0 Å². The van der Waals surface area contributed by atoms with Crippen molar-refractivity contribution in [3.05, 3.63) is 65.7 Å². The molecule has 9 unspecified atom stereocenters. The van der Waals surface area contributed by atoms with Crippen molar-refractivity contribution in [1.82, 2.24) is 9.80 Å². The summed E-state index contributed by atoms with van der Waals surface area (Å²) in [5.74, 6) is -2.92. The average molecular weight is 903 g/mol. The third-order valence-corrected chi connectivity index (χ3v) is 15.2. The summed E-state index contributed by atoms with van der Waals surface area (Å²) in [6, 6.07) is 15.7. The number of aliphatic carboxylic acids is 2. The Bertz CT molecular complexity index is 2070. The van der Waals surface area contributed by atoms with E-state index in [-0.39, 0.29) is 61.4 Å². The van der Waals surface area contributed by atoms with Gasteiger partial charge in [-0.25, -0.2) is 4.79 Å². The molecule has 2 aromatic rings. The first-order valence-corrected chi connectivity index (χ1v) is 23.5. The lowest BCUT2D eigenvalue weighted by atomic mass is 9.76. The minimum atomic E-state index is -1.13. The maximum Gasteiger partial charge on any atom is 0.344 e. The Morgan fingerprint density at radius 1 is 0.692 bits per heavy atom. The Balaban J connectivity index is 1.44. The zero-order valence-electron chi connectivity index (χ0n) is 40.8. The molecule has 358 valence electrons. The van der Waals surface area contributed by atoms with E-state index in [0.29, 0.717) is 5.75 Å². The van der Waals surface area contributed by atoms with Gasteiger partial charge in [0.05, 0.1) is 35.1 Å². The molecule has 0 heterocycles. The SMILES string of the molecule is CC1CCC2C(C)(C)C2(C(OC(C)(C)C)N(CC(=O)O)CC(Cc2ccc(OCC(=O)OCc3ccccc3)cc2)N(CC(=O)O)C(OC(C)(C)C)C23C(=O)C(C)CCC2C3(C)C)C1=O. The predicted molar refractivity (Wildman–Crippen MR) is 245 cm³/mol. The molecule has 0 radical (unpaired) electrons. The Morgan fingerprint density at radius 3 is 1.68 bits per heavy atom. The molecule has 6 rings (SSSR count). The van der Waals surface area contributed by atoms with E-state index in [1.54, 1.807) is 21.9 Å². The third-order valence-electron chi connectivity index (χ3n) is 15.2. The van der Waals surface area contributed by atoms with Crippen molar-refractivity contribution in [2.75, 3.05) is 26.2 Å². The number of ketones is 2. The normalized spacial score (nSPS) is 28.2. The number of carbonyl (C=O) groups is 5. The molecule has 4 aliphatic rings. The minimum Gasteiger partial charge on any atom is -0.482 e. The van der Waals surface area contributed by atoms with Gasteiger partial charge in [-0.15, -0.1) is 0 Å². The summed E-state index contributed by atoms with van der Waals surface area (Å²) in [6.07, 6.45) is 1.25. The van der Waals surface area contributed by atoms with Gasteiger partial charge in [0, 0.05) is 24.4 Å². The fourth-order valence-corrected chi connectivity index (χ4v) is 12.1. The van der Waals surface area contributed by atoms with Gasteiger partial charge < -0.3 is 29.2 Å². The number of hydrogen-bond acceptors (Lipinski definition) is 11. The lowest BCUT2D eigenvalue weighted by Gasteiger charge is -2.49. The number of rotatable bonds is 20. The van der Waals surface area contributed by atoms with Gasteiger partial charge in [-0.05, 0) is 120 Å². The van der Waals surface area contributed by atoms with E-state index in [0.717, 1.165) is 36.8 Å². The number of ether oxygens (including phenoxy) is 4. The Labute approximate surface area is 385 Å². The second kappa shape index (κ2) is 18.5. The van der Waals surface area contributed by atoms with Crippen LogP contribution in [0, 0.1) is 45.3 Å². The zero-order valence-corrected chi connectivity index (χ0v) is 40.8. The fourth-order valence-electron chi connectivity index (χ4n) is 12.1. The van der Waals surface area contributed by atoms with E-state index in [9.17, 15) is 34.2 Å². The van der Waals surface area contributed by atoms with Crippen molar-refractivity contribution in [2.45, 2.75) is 151 Å². The molecule has 9 atom stereocenters. The number of carbonyl (C=O) groups excluding carboxylic acids is 3. The first-order valence-electron chi connectivity index (χ1n) is 23.5. The first kappa shape index (κ1) is 50.2. The highest BCUT2D eigenvalue weighted by Crippen LogP contribution is 2.77. The van der Waals surface area contributed by atoms with Gasteiger partial charge in [-0.1, -0.05) is 84.0 Å². The smallest absolute Gasteiger partial charge is 0.344 e. The van der Waals surface area contributed by atoms with Gasteiger partial charge in [0.1, 0.15) is 36.4 Å². The van der Waals surface area contributed by atoms with Crippen molar-refractivity contribution in [2.24, 2.45) is 45.3 Å². The second-order valence-corrected chi connectivity index (χ2v) is 22.5. The number of Topliss-reactive ketones (excluding diaryl/α,β-unsaturated/α-hetero) is 2. The molecule has 4 fully saturated rings. The maximum atomic E-state index is 14.8. The van der Waals surface area contributed by atoms with Crippen molar-refractivity contribution in [3.8, 4) is 5.75 Å². The van der Waals surface area contributed by atoms with Crippen LogP contribution in [0.1, 0.15) is 120 Å². The van der Waals surface area contributed by atoms with E-state index < -0.39 is 82.4 Å². The highest BCUT2D eigenvalue weighted by molar-refractivity contribution is 5.94. The van der Waals surface area contributed by atoms with Crippen molar-refractivity contribution < 1.29 is 53.1 Å². The molecule has 65 heavy (non-hydrogen) atoms. The van der Waals surface area contributed by atoms with Crippen LogP contribution >= 0.6 is 0 Å². The molecular formula is C52H74N2O11. The molecule has 0 aliphatic heterocycles. The molecule has 0 amide bonds.